The van der Waals surface area contributed by atoms with Crippen LogP contribution in [-0.2, 0) is 6.42 Å². The Balaban J connectivity index is 2.06. The molecule has 0 aliphatic rings. The maximum atomic E-state index is 6.00. The third kappa shape index (κ3) is 3.04. The molecule has 0 saturated carbocycles. The van der Waals surface area contributed by atoms with Crippen LogP contribution in [0.1, 0.15) is 18.1 Å². The molecule has 0 aromatic heterocycles. The lowest BCUT2D eigenvalue weighted by Gasteiger charge is -2.18. The van der Waals surface area contributed by atoms with E-state index >= 15 is 0 Å². The number of nitrogens with two attached hydrogens (primary N) is 1. The Labute approximate surface area is 109 Å². The summed E-state index contributed by atoms with van der Waals surface area (Å²) in [5.74, 6) is 0. The van der Waals surface area contributed by atoms with E-state index in [1.165, 1.54) is 11.1 Å². The molecule has 0 bridgehead atoms. The Hall–Kier alpha value is -1.96. The zero-order chi connectivity index (χ0) is 13.0. The maximum absolute atomic E-state index is 6.00. The summed E-state index contributed by atoms with van der Waals surface area (Å²) < 4.78 is 0. The van der Waals surface area contributed by atoms with Gasteiger partial charge in [-0.1, -0.05) is 42.5 Å². The van der Waals surface area contributed by atoms with Crippen molar-refractivity contribution >= 4 is 11.4 Å². The van der Waals surface area contributed by atoms with Gasteiger partial charge < -0.3 is 11.1 Å². The van der Waals surface area contributed by atoms with Crippen LogP contribution < -0.4 is 11.1 Å². The minimum absolute atomic E-state index is 0.357. The second-order valence-electron chi connectivity index (χ2n) is 4.77. The van der Waals surface area contributed by atoms with E-state index in [4.69, 9.17) is 5.73 Å². The average Bonchev–Trinajstić information content (AvgIpc) is 2.35. The van der Waals surface area contributed by atoms with Gasteiger partial charge in [0.25, 0.3) is 0 Å². The van der Waals surface area contributed by atoms with Gasteiger partial charge in [0.2, 0.25) is 0 Å². The molecule has 0 aliphatic carbocycles. The molecule has 2 heteroatoms. The Bertz CT molecular complexity index is 486. The number of rotatable bonds is 4. The van der Waals surface area contributed by atoms with Crippen LogP contribution in [0.2, 0.25) is 0 Å². The summed E-state index contributed by atoms with van der Waals surface area (Å²) in [6.45, 7) is 4.26. The quantitative estimate of drug-likeness (QED) is 0.801. The first kappa shape index (κ1) is 12.5. The molecule has 0 fully saturated rings. The third-order valence-electron chi connectivity index (χ3n) is 3.08. The molecule has 0 aliphatic heterocycles. The molecule has 0 heterocycles. The van der Waals surface area contributed by atoms with E-state index < -0.39 is 0 Å². The highest BCUT2D eigenvalue weighted by Crippen LogP contribution is 2.23. The second kappa shape index (κ2) is 5.58. The topological polar surface area (TPSA) is 38.0 Å². The number of hydrogen-bond donors (Lipinski definition) is 2. The summed E-state index contributed by atoms with van der Waals surface area (Å²) >= 11 is 0. The highest BCUT2D eigenvalue weighted by molar-refractivity contribution is 5.70. The van der Waals surface area contributed by atoms with Crippen molar-refractivity contribution < 1.29 is 0 Å². The van der Waals surface area contributed by atoms with Gasteiger partial charge in [0.1, 0.15) is 0 Å². The molecule has 2 rings (SSSR count). The molecule has 94 valence electrons. The summed E-state index contributed by atoms with van der Waals surface area (Å²) in [6.07, 6.45) is 0.995. The number of benzene rings is 2. The molecule has 0 spiro atoms. The zero-order valence-corrected chi connectivity index (χ0v) is 11.0. The molecule has 2 aromatic carbocycles. The Morgan fingerprint density at radius 1 is 1.06 bits per heavy atom. The summed E-state index contributed by atoms with van der Waals surface area (Å²) in [7, 11) is 0. The number of hydrogen-bond acceptors (Lipinski definition) is 2. The van der Waals surface area contributed by atoms with Crippen LogP contribution in [0.15, 0.2) is 48.5 Å². The van der Waals surface area contributed by atoms with Crippen LogP contribution >= 0.6 is 0 Å². The van der Waals surface area contributed by atoms with Crippen molar-refractivity contribution in [1.29, 1.82) is 0 Å². The van der Waals surface area contributed by atoms with E-state index in [0.717, 1.165) is 17.8 Å². The SMILES string of the molecule is Cc1cccc(N)c1NC(C)Cc1ccccc1. The van der Waals surface area contributed by atoms with Gasteiger partial charge in [0, 0.05) is 6.04 Å². The van der Waals surface area contributed by atoms with E-state index in [1.807, 2.05) is 18.2 Å². The van der Waals surface area contributed by atoms with E-state index in [-0.39, 0.29) is 0 Å². The zero-order valence-electron chi connectivity index (χ0n) is 11.0. The van der Waals surface area contributed by atoms with Crippen molar-refractivity contribution in [3.05, 3.63) is 59.7 Å². The van der Waals surface area contributed by atoms with Crippen molar-refractivity contribution in [2.24, 2.45) is 0 Å². The third-order valence-corrected chi connectivity index (χ3v) is 3.08. The predicted molar refractivity (Wildman–Crippen MR) is 78.8 cm³/mol. The molecule has 2 nitrogen and oxygen atoms in total. The molecule has 0 radical (unpaired) electrons. The van der Waals surface area contributed by atoms with Gasteiger partial charge in [-0.3, -0.25) is 0 Å². The number of aryl methyl sites for hydroxylation is 1. The van der Waals surface area contributed by atoms with Gasteiger partial charge in [0.15, 0.2) is 0 Å². The van der Waals surface area contributed by atoms with Crippen LogP contribution in [0.5, 0.6) is 0 Å². The molecular weight excluding hydrogens is 220 g/mol. The lowest BCUT2D eigenvalue weighted by molar-refractivity contribution is 0.789. The number of para-hydroxylation sites is 1. The van der Waals surface area contributed by atoms with Gasteiger partial charge in [-0.05, 0) is 37.5 Å². The van der Waals surface area contributed by atoms with E-state index in [9.17, 15) is 0 Å². The Morgan fingerprint density at radius 3 is 2.44 bits per heavy atom. The Morgan fingerprint density at radius 2 is 1.78 bits per heavy atom. The van der Waals surface area contributed by atoms with Gasteiger partial charge in [-0.25, -0.2) is 0 Å². The van der Waals surface area contributed by atoms with Gasteiger partial charge in [-0.2, -0.15) is 0 Å². The minimum Gasteiger partial charge on any atom is -0.397 e. The van der Waals surface area contributed by atoms with Crippen molar-refractivity contribution in [2.75, 3.05) is 11.1 Å². The smallest absolute Gasteiger partial charge is 0.0605 e. The highest BCUT2D eigenvalue weighted by Gasteiger charge is 2.07. The van der Waals surface area contributed by atoms with Crippen LogP contribution in [0.25, 0.3) is 0 Å². The molecule has 0 amide bonds. The summed E-state index contributed by atoms with van der Waals surface area (Å²) in [4.78, 5) is 0. The fraction of sp³-hybridized carbons (Fsp3) is 0.250. The van der Waals surface area contributed by atoms with Crippen LogP contribution in [0.4, 0.5) is 11.4 Å². The monoisotopic (exact) mass is 240 g/mol. The van der Waals surface area contributed by atoms with Crippen LogP contribution in [0.3, 0.4) is 0 Å². The fourth-order valence-electron chi connectivity index (χ4n) is 2.15. The van der Waals surface area contributed by atoms with Gasteiger partial charge in [-0.15, -0.1) is 0 Å². The standard InChI is InChI=1S/C16H20N2/c1-12-7-6-10-15(17)16(12)18-13(2)11-14-8-4-3-5-9-14/h3-10,13,18H,11,17H2,1-2H3. The summed E-state index contributed by atoms with van der Waals surface area (Å²) in [5.41, 5.74) is 10.4. The Kier molecular flexibility index (Phi) is 3.88. The molecule has 1 atom stereocenters. The van der Waals surface area contributed by atoms with Crippen molar-refractivity contribution in [3.8, 4) is 0 Å². The van der Waals surface area contributed by atoms with E-state index in [2.05, 4.69) is 49.5 Å². The average molecular weight is 240 g/mol. The first-order valence-electron chi connectivity index (χ1n) is 6.32. The highest BCUT2D eigenvalue weighted by atomic mass is 14.9. The second-order valence-corrected chi connectivity index (χ2v) is 4.77. The van der Waals surface area contributed by atoms with Crippen molar-refractivity contribution in [2.45, 2.75) is 26.3 Å². The van der Waals surface area contributed by atoms with Crippen molar-refractivity contribution in [1.82, 2.24) is 0 Å². The minimum atomic E-state index is 0.357. The lowest BCUT2D eigenvalue weighted by atomic mass is 10.1. The fourth-order valence-corrected chi connectivity index (χ4v) is 2.15. The van der Waals surface area contributed by atoms with E-state index in [1.54, 1.807) is 0 Å². The largest absolute Gasteiger partial charge is 0.397 e. The predicted octanol–water partition coefficient (Wildman–Crippen LogP) is 3.62. The molecule has 0 saturated heterocycles. The van der Waals surface area contributed by atoms with Gasteiger partial charge >= 0.3 is 0 Å². The normalized spacial score (nSPS) is 12.1. The first-order chi connectivity index (χ1) is 8.66. The number of nitrogens with one attached hydrogen (secondary N) is 1. The first-order valence-corrected chi connectivity index (χ1v) is 6.32. The maximum Gasteiger partial charge on any atom is 0.0605 e. The number of anilines is 2. The lowest BCUT2D eigenvalue weighted by Crippen LogP contribution is -2.19. The molecule has 2 aromatic rings. The van der Waals surface area contributed by atoms with Crippen LogP contribution in [-0.4, -0.2) is 6.04 Å². The summed E-state index contributed by atoms with van der Waals surface area (Å²) in [6, 6.07) is 16.8. The summed E-state index contributed by atoms with van der Waals surface area (Å²) in [5, 5.41) is 3.50. The van der Waals surface area contributed by atoms with Crippen LogP contribution in [0, 0.1) is 6.92 Å². The van der Waals surface area contributed by atoms with E-state index in [0.29, 0.717) is 6.04 Å². The molecule has 1 unspecified atom stereocenters. The van der Waals surface area contributed by atoms with Gasteiger partial charge in [0.05, 0.1) is 11.4 Å². The molecular formula is C16H20N2. The van der Waals surface area contributed by atoms with Crippen molar-refractivity contribution in [3.63, 3.8) is 0 Å². The molecule has 3 N–H and O–H groups in total. The molecule has 18 heavy (non-hydrogen) atoms. The number of nitrogen functional groups attached to an aromatic ring is 1.